The zero-order valence-corrected chi connectivity index (χ0v) is 16.2. The fourth-order valence-electron chi connectivity index (χ4n) is 2.98. The smallest absolute Gasteiger partial charge is 0.338 e. The maximum atomic E-state index is 12.3. The Labute approximate surface area is 170 Å². The summed E-state index contributed by atoms with van der Waals surface area (Å²) in [5.41, 5.74) is -2.16. The fraction of sp³-hybridized carbons (Fsp3) is 0.238. The standard InChI is InChI=1S/C21H19F3N2O2S/c22-21(23,24)29-18-9-6-15(7-10-18)8-11-19(27)25-17-4-1-3-16(13-17)14-26-12-2-5-20(26)28/h1,3-4,6-11,13H,2,5,12,14H2,(H,25,27)/b11-8+. The summed E-state index contributed by atoms with van der Waals surface area (Å²) >= 11 is -0.180. The van der Waals surface area contributed by atoms with Crippen molar-refractivity contribution in [2.45, 2.75) is 29.8 Å². The van der Waals surface area contributed by atoms with Gasteiger partial charge in [-0.3, -0.25) is 9.59 Å². The number of benzene rings is 2. The zero-order chi connectivity index (χ0) is 20.9. The number of nitrogens with one attached hydrogen (secondary N) is 1. The van der Waals surface area contributed by atoms with Gasteiger partial charge in [0.25, 0.3) is 0 Å². The van der Waals surface area contributed by atoms with Crippen LogP contribution in [0.1, 0.15) is 24.0 Å². The summed E-state index contributed by atoms with van der Waals surface area (Å²) in [4.78, 5) is 25.8. The van der Waals surface area contributed by atoms with Crippen molar-refractivity contribution in [3.05, 3.63) is 65.7 Å². The van der Waals surface area contributed by atoms with Crippen molar-refractivity contribution in [2.24, 2.45) is 0 Å². The third-order valence-electron chi connectivity index (χ3n) is 4.28. The summed E-state index contributed by atoms with van der Waals surface area (Å²) in [5, 5.41) is 2.75. The molecule has 0 atom stereocenters. The minimum absolute atomic E-state index is 0.0902. The zero-order valence-electron chi connectivity index (χ0n) is 15.4. The fourth-order valence-corrected chi connectivity index (χ4v) is 3.51. The monoisotopic (exact) mass is 420 g/mol. The number of halogens is 3. The van der Waals surface area contributed by atoms with E-state index < -0.39 is 5.51 Å². The van der Waals surface area contributed by atoms with Gasteiger partial charge >= 0.3 is 5.51 Å². The average Bonchev–Trinajstić information content (AvgIpc) is 3.05. The van der Waals surface area contributed by atoms with E-state index in [1.165, 1.54) is 36.4 Å². The Balaban J connectivity index is 1.56. The lowest BCUT2D eigenvalue weighted by Gasteiger charge is -2.16. The van der Waals surface area contributed by atoms with Crippen LogP contribution in [-0.4, -0.2) is 28.8 Å². The second-order valence-corrected chi connectivity index (χ2v) is 7.70. The number of carbonyl (C=O) groups is 2. The molecule has 1 heterocycles. The molecule has 4 nitrogen and oxygen atoms in total. The predicted molar refractivity (Wildman–Crippen MR) is 107 cm³/mol. The van der Waals surface area contributed by atoms with Crippen molar-refractivity contribution in [3.63, 3.8) is 0 Å². The third-order valence-corrected chi connectivity index (χ3v) is 5.02. The number of carbonyl (C=O) groups excluding carboxylic acids is 2. The van der Waals surface area contributed by atoms with Gasteiger partial charge in [-0.15, -0.1) is 0 Å². The van der Waals surface area contributed by atoms with Crippen LogP contribution in [0, 0.1) is 0 Å². The highest BCUT2D eigenvalue weighted by molar-refractivity contribution is 8.00. The van der Waals surface area contributed by atoms with Gasteiger partial charge < -0.3 is 10.2 Å². The molecule has 1 aliphatic rings. The van der Waals surface area contributed by atoms with Crippen molar-refractivity contribution in [1.82, 2.24) is 4.90 Å². The molecule has 3 rings (SSSR count). The number of alkyl halides is 3. The number of hydrogen-bond acceptors (Lipinski definition) is 3. The molecular formula is C21H19F3N2O2S. The van der Waals surface area contributed by atoms with Crippen LogP contribution in [-0.2, 0) is 16.1 Å². The minimum Gasteiger partial charge on any atom is -0.338 e. The minimum atomic E-state index is -4.33. The van der Waals surface area contributed by atoms with Crippen LogP contribution >= 0.6 is 11.8 Å². The molecule has 29 heavy (non-hydrogen) atoms. The Bertz CT molecular complexity index is 911. The van der Waals surface area contributed by atoms with Gasteiger partial charge in [-0.2, -0.15) is 13.2 Å². The Hall–Kier alpha value is -2.74. The van der Waals surface area contributed by atoms with Gasteiger partial charge in [0, 0.05) is 36.2 Å². The Morgan fingerprint density at radius 3 is 2.59 bits per heavy atom. The molecular weight excluding hydrogens is 401 g/mol. The second-order valence-electron chi connectivity index (χ2n) is 6.56. The van der Waals surface area contributed by atoms with Gasteiger partial charge in [0.15, 0.2) is 0 Å². The summed E-state index contributed by atoms with van der Waals surface area (Å²) in [6.45, 7) is 1.26. The van der Waals surface area contributed by atoms with Crippen LogP contribution in [0.5, 0.6) is 0 Å². The van der Waals surface area contributed by atoms with E-state index in [4.69, 9.17) is 0 Å². The SMILES string of the molecule is O=C(/C=C/c1ccc(SC(F)(F)F)cc1)Nc1cccc(CN2CCCC2=O)c1. The maximum absolute atomic E-state index is 12.3. The first-order chi connectivity index (χ1) is 13.8. The second kappa shape index (κ2) is 9.17. The topological polar surface area (TPSA) is 49.4 Å². The lowest BCUT2D eigenvalue weighted by Crippen LogP contribution is -2.23. The van der Waals surface area contributed by atoms with Gasteiger partial charge in [-0.25, -0.2) is 0 Å². The molecule has 0 aliphatic carbocycles. The summed E-state index contributed by atoms with van der Waals surface area (Å²) in [6, 6.07) is 13.0. The summed E-state index contributed by atoms with van der Waals surface area (Å²) in [7, 11) is 0. The first-order valence-electron chi connectivity index (χ1n) is 9.00. The molecule has 1 saturated heterocycles. The van der Waals surface area contributed by atoms with Crippen LogP contribution in [0.4, 0.5) is 18.9 Å². The van der Waals surface area contributed by atoms with Crippen LogP contribution in [0.3, 0.4) is 0 Å². The number of anilines is 1. The molecule has 8 heteroatoms. The third kappa shape index (κ3) is 6.67. The molecule has 2 aromatic rings. The molecule has 2 amide bonds. The molecule has 1 aliphatic heterocycles. The molecule has 0 saturated carbocycles. The molecule has 2 aromatic carbocycles. The van der Waals surface area contributed by atoms with E-state index in [9.17, 15) is 22.8 Å². The average molecular weight is 420 g/mol. The molecule has 0 bridgehead atoms. The number of amides is 2. The first kappa shape index (κ1) is 21.0. The molecule has 1 N–H and O–H groups in total. The highest BCUT2D eigenvalue weighted by Crippen LogP contribution is 2.36. The molecule has 1 fully saturated rings. The summed E-state index contributed by atoms with van der Waals surface area (Å²) in [6.07, 6.45) is 4.31. The highest BCUT2D eigenvalue weighted by atomic mass is 32.2. The maximum Gasteiger partial charge on any atom is 0.446 e. The van der Waals surface area contributed by atoms with Crippen LogP contribution in [0.15, 0.2) is 59.5 Å². The molecule has 0 spiro atoms. The van der Waals surface area contributed by atoms with E-state index in [1.807, 2.05) is 18.2 Å². The van der Waals surface area contributed by atoms with Crippen molar-refractivity contribution in [2.75, 3.05) is 11.9 Å². The number of thioether (sulfide) groups is 1. The quantitative estimate of drug-likeness (QED) is 0.524. The summed E-state index contributed by atoms with van der Waals surface area (Å²) in [5.74, 6) is -0.213. The Morgan fingerprint density at radius 1 is 1.17 bits per heavy atom. The Morgan fingerprint density at radius 2 is 1.93 bits per heavy atom. The van der Waals surface area contributed by atoms with Crippen molar-refractivity contribution in [1.29, 1.82) is 0 Å². The predicted octanol–water partition coefficient (Wildman–Crippen LogP) is 5.07. The molecule has 0 unspecified atom stereocenters. The van der Waals surface area contributed by atoms with E-state index in [0.717, 1.165) is 18.5 Å². The normalized spacial score (nSPS) is 14.6. The number of likely N-dealkylation sites (tertiary alicyclic amines) is 1. The van der Waals surface area contributed by atoms with E-state index in [0.29, 0.717) is 24.2 Å². The molecule has 0 radical (unpaired) electrons. The van der Waals surface area contributed by atoms with E-state index in [-0.39, 0.29) is 28.5 Å². The first-order valence-corrected chi connectivity index (χ1v) is 9.82. The van der Waals surface area contributed by atoms with Crippen LogP contribution < -0.4 is 5.32 Å². The van der Waals surface area contributed by atoms with Crippen molar-refractivity contribution < 1.29 is 22.8 Å². The van der Waals surface area contributed by atoms with Gasteiger partial charge in [-0.1, -0.05) is 24.3 Å². The number of rotatable bonds is 6. The van der Waals surface area contributed by atoms with Gasteiger partial charge in [0.05, 0.1) is 0 Å². The highest BCUT2D eigenvalue weighted by Gasteiger charge is 2.28. The lowest BCUT2D eigenvalue weighted by atomic mass is 10.2. The van der Waals surface area contributed by atoms with Crippen molar-refractivity contribution in [3.8, 4) is 0 Å². The number of hydrogen-bond donors (Lipinski definition) is 1. The van der Waals surface area contributed by atoms with E-state index in [1.54, 1.807) is 11.0 Å². The van der Waals surface area contributed by atoms with Gasteiger partial charge in [0.2, 0.25) is 11.8 Å². The largest absolute Gasteiger partial charge is 0.446 e. The Kier molecular flexibility index (Phi) is 6.64. The van der Waals surface area contributed by atoms with E-state index in [2.05, 4.69) is 5.32 Å². The lowest BCUT2D eigenvalue weighted by molar-refractivity contribution is -0.128. The molecule has 152 valence electrons. The molecule has 0 aromatic heterocycles. The summed E-state index contributed by atoms with van der Waals surface area (Å²) < 4.78 is 37.0. The van der Waals surface area contributed by atoms with Gasteiger partial charge in [0.1, 0.15) is 0 Å². The van der Waals surface area contributed by atoms with Crippen molar-refractivity contribution >= 4 is 35.3 Å². The number of nitrogens with zero attached hydrogens (tertiary/aromatic N) is 1. The van der Waals surface area contributed by atoms with Crippen LogP contribution in [0.25, 0.3) is 6.08 Å². The van der Waals surface area contributed by atoms with Gasteiger partial charge in [-0.05, 0) is 59.7 Å². The van der Waals surface area contributed by atoms with Crippen LogP contribution in [0.2, 0.25) is 0 Å². The van der Waals surface area contributed by atoms with E-state index >= 15 is 0 Å².